The van der Waals surface area contributed by atoms with Gasteiger partial charge in [-0.15, -0.1) is 0 Å². The summed E-state index contributed by atoms with van der Waals surface area (Å²) in [6, 6.07) is 16.0. The molecule has 7 heteroatoms. The molecule has 31 heavy (non-hydrogen) atoms. The van der Waals surface area contributed by atoms with Crippen molar-refractivity contribution in [1.82, 2.24) is 15.1 Å². The van der Waals surface area contributed by atoms with Gasteiger partial charge >= 0.3 is 5.97 Å². The molecule has 1 amide bonds. The molecular weight excluding hydrogens is 392 g/mol. The molecule has 0 bridgehead atoms. The number of methoxy groups -OCH3 is 1. The zero-order valence-corrected chi connectivity index (χ0v) is 18.0. The number of esters is 1. The highest BCUT2D eigenvalue weighted by atomic mass is 16.5. The quantitative estimate of drug-likeness (QED) is 0.724. The van der Waals surface area contributed by atoms with Gasteiger partial charge in [-0.2, -0.15) is 0 Å². The Morgan fingerprint density at radius 3 is 2.32 bits per heavy atom. The van der Waals surface area contributed by atoms with Crippen LogP contribution in [0.15, 0.2) is 59.9 Å². The van der Waals surface area contributed by atoms with E-state index < -0.39 is 5.97 Å². The van der Waals surface area contributed by atoms with Crippen LogP contribution in [0.5, 0.6) is 0 Å². The second-order valence-corrected chi connectivity index (χ2v) is 8.01. The zero-order valence-electron chi connectivity index (χ0n) is 18.0. The van der Waals surface area contributed by atoms with E-state index in [1.807, 2.05) is 31.2 Å². The standard InChI is InChI=1S/C24H28N4O3/c1-17-8-9-20-19(14-17)23(29)26-21(22(25-20)24(30)31-2)16-28-12-10-27(11-13-28)15-18-6-4-3-5-7-18/h3-9,14,25H,10-13,15-16H2,1-2H3,(H,26,29). The molecule has 2 aromatic carbocycles. The second kappa shape index (κ2) is 9.32. The number of carbonyl (C=O) groups is 2. The minimum Gasteiger partial charge on any atom is -0.464 e. The Morgan fingerprint density at radius 2 is 1.65 bits per heavy atom. The van der Waals surface area contributed by atoms with Crippen molar-refractivity contribution >= 4 is 17.6 Å². The number of carbonyl (C=O) groups excluding carboxylic acids is 2. The van der Waals surface area contributed by atoms with Gasteiger partial charge in [0, 0.05) is 39.3 Å². The first-order valence-corrected chi connectivity index (χ1v) is 10.5. The van der Waals surface area contributed by atoms with Crippen molar-refractivity contribution in [2.75, 3.05) is 45.2 Å². The van der Waals surface area contributed by atoms with Gasteiger partial charge in [0.05, 0.1) is 24.1 Å². The van der Waals surface area contributed by atoms with E-state index in [9.17, 15) is 9.59 Å². The van der Waals surface area contributed by atoms with Gasteiger partial charge in [-0.3, -0.25) is 14.6 Å². The number of hydrogen-bond donors (Lipinski definition) is 2. The van der Waals surface area contributed by atoms with Crippen LogP contribution >= 0.6 is 0 Å². The molecule has 2 N–H and O–H groups in total. The maximum Gasteiger partial charge on any atom is 0.356 e. The van der Waals surface area contributed by atoms with Gasteiger partial charge in [0.25, 0.3) is 5.91 Å². The summed E-state index contributed by atoms with van der Waals surface area (Å²) in [4.78, 5) is 30.0. The van der Waals surface area contributed by atoms with Gasteiger partial charge in [-0.1, -0.05) is 42.0 Å². The van der Waals surface area contributed by atoms with E-state index in [4.69, 9.17) is 4.74 Å². The number of ether oxygens (including phenoxy) is 1. The summed E-state index contributed by atoms with van der Waals surface area (Å²) >= 11 is 0. The highest BCUT2D eigenvalue weighted by molar-refractivity contribution is 6.05. The molecule has 2 heterocycles. The molecule has 2 aliphatic heterocycles. The van der Waals surface area contributed by atoms with E-state index in [1.165, 1.54) is 12.7 Å². The van der Waals surface area contributed by atoms with E-state index in [0.717, 1.165) is 38.3 Å². The summed E-state index contributed by atoms with van der Waals surface area (Å²) in [5.74, 6) is -0.714. The van der Waals surface area contributed by atoms with Crippen LogP contribution in [0.1, 0.15) is 21.5 Å². The van der Waals surface area contributed by atoms with Crippen LogP contribution in [0.2, 0.25) is 0 Å². The fraction of sp³-hybridized carbons (Fsp3) is 0.333. The molecule has 0 radical (unpaired) electrons. The van der Waals surface area contributed by atoms with Gasteiger partial charge in [0.2, 0.25) is 0 Å². The Kier molecular flexibility index (Phi) is 6.34. The van der Waals surface area contributed by atoms with Crippen LogP contribution < -0.4 is 10.6 Å². The third kappa shape index (κ3) is 4.95. The molecule has 2 aromatic rings. The lowest BCUT2D eigenvalue weighted by atomic mass is 10.1. The number of aryl methyl sites for hydroxylation is 1. The maximum absolute atomic E-state index is 12.9. The Bertz CT molecular complexity index is 995. The predicted octanol–water partition coefficient (Wildman–Crippen LogP) is 2.35. The number of amides is 1. The van der Waals surface area contributed by atoms with Gasteiger partial charge < -0.3 is 15.4 Å². The zero-order chi connectivity index (χ0) is 21.8. The number of piperazine rings is 1. The van der Waals surface area contributed by atoms with Gasteiger partial charge in [0.15, 0.2) is 0 Å². The minimum atomic E-state index is -0.494. The molecule has 0 aliphatic carbocycles. The summed E-state index contributed by atoms with van der Waals surface area (Å²) in [6.07, 6.45) is 0. The summed E-state index contributed by atoms with van der Waals surface area (Å²) in [5.41, 5.74) is 4.23. The molecule has 7 nitrogen and oxygen atoms in total. The van der Waals surface area contributed by atoms with Crippen LogP contribution in [0.4, 0.5) is 5.69 Å². The van der Waals surface area contributed by atoms with E-state index in [0.29, 0.717) is 23.5 Å². The number of hydrogen-bond acceptors (Lipinski definition) is 6. The van der Waals surface area contributed by atoms with Gasteiger partial charge in [-0.25, -0.2) is 4.79 Å². The Morgan fingerprint density at radius 1 is 0.968 bits per heavy atom. The van der Waals surface area contributed by atoms with Gasteiger partial charge in [0.1, 0.15) is 5.70 Å². The number of anilines is 1. The van der Waals surface area contributed by atoms with Gasteiger partial charge in [-0.05, 0) is 24.6 Å². The molecule has 0 aromatic heterocycles. The normalized spacial score (nSPS) is 17.4. The van der Waals surface area contributed by atoms with Crippen LogP contribution in [0.3, 0.4) is 0 Å². The van der Waals surface area contributed by atoms with Crippen molar-refractivity contribution in [1.29, 1.82) is 0 Å². The average Bonchev–Trinajstić information content (AvgIpc) is 2.92. The largest absolute Gasteiger partial charge is 0.464 e. The van der Waals surface area contributed by atoms with Crippen molar-refractivity contribution in [2.45, 2.75) is 13.5 Å². The lowest BCUT2D eigenvalue weighted by Gasteiger charge is -2.35. The highest BCUT2D eigenvalue weighted by Gasteiger charge is 2.28. The van der Waals surface area contributed by atoms with E-state index in [1.54, 1.807) is 0 Å². The Labute approximate surface area is 182 Å². The molecule has 0 atom stereocenters. The van der Waals surface area contributed by atoms with Crippen molar-refractivity contribution in [3.05, 3.63) is 76.6 Å². The predicted molar refractivity (Wildman–Crippen MR) is 119 cm³/mol. The van der Waals surface area contributed by atoms with Crippen molar-refractivity contribution < 1.29 is 14.3 Å². The molecule has 0 unspecified atom stereocenters. The smallest absolute Gasteiger partial charge is 0.356 e. The number of benzene rings is 2. The first-order chi connectivity index (χ1) is 15.0. The van der Waals surface area contributed by atoms with E-state index in [2.05, 4.69) is 44.7 Å². The Hall–Kier alpha value is -3.16. The van der Waals surface area contributed by atoms with Crippen molar-refractivity contribution in [3.8, 4) is 0 Å². The maximum atomic E-state index is 12.9. The fourth-order valence-corrected chi connectivity index (χ4v) is 4.00. The van der Waals surface area contributed by atoms with E-state index >= 15 is 0 Å². The third-order valence-electron chi connectivity index (χ3n) is 5.73. The topological polar surface area (TPSA) is 73.9 Å². The fourth-order valence-electron chi connectivity index (χ4n) is 4.00. The second-order valence-electron chi connectivity index (χ2n) is 8.01. The summed E-state index contributed by atoms with van der Waals surface area (Å²) < 4.78 is 4.98. The number of rotatable bonds is 5. The average molecular weight is 421 g/mol. The molecule has 1 saturated heterocycles. The van der Waals surface area contributed by atoms with Crippen LogP contribution in [-0.4, -0.2) is 61.5 Å². The third-order valence-corrected chi connectivity index (χ3v) is 5.73. The Balaban J connectivity index is 1.46. The van der Waals surface area contributed by atoms with E-state index in [-0.39, 0.29) is 11.6 Å². The van der Waals surface area contributed by atoms with Crippen molar-refractivity contribution in [3.63, 3.8) is 0 Å². The number of nitrogens with one attached hydrogen (secondary N) is 2. The first-order valence-electron chi connectivity index (χ1n) is 10.5. The molecule has 2 aliphatic rings. The summed E-state index contributed by atoms with van der Waals surface area (Å²) in [6.45, 7) is 6.89. The lowest BCUT2D eigenvalue weighted by molar-refractivity contribution is -0.136. The minimum absolute atomic E-state index is 0.220. The molecule has 0 spiro atoms. The van der Waals surface area contributed by atoms with Crippen molar-refractivity contribution in [2.24, 2.45) is 0 Å². The molecule has 0 saturated carbocycles. The van der Waals surface area contributed by atoms with Crippen LogP contribution in [0, 0.1) is 6.92 Å². The number of nitrogens with zero attached hydrogens (tertiary/aromatic N) is 2. The molecule has 4 rings (SSSR count). The molecule has 162 valence electrons. The van der Waals surface area contributed by atoms with Crippen LogP contribution in [-0.2, 0) is 16.1 Å². The monoisotopic (exact) mass is 420 g/mol. The SMILES string of the molecule is COC(=O)C1=C(CN2CCN(Cc3ccccc3)CC2)NC(=O)c2cc(C)ccc2N1. The summed E-state index contributed by atoms with van der Waals surface area (Å²) in [5, 5.41) is 6.08. The first kappa shape index (κ1) is 21.1. The lowest BCUT2D eigenvalue weighted by Crippen LogP contribution is -2.47. The summed E-state index contributed by atoms with van der Waals surface area (Å²) in [7, 11) is 1.35. The number of fused-ring (bicyclic) bond motifs is 1. The highest BCUT2D eigenvalue weighted by Crippen LogP contribution is 2.24. The molecule has 1 fully saturated rings. The van der Waals surface area contributed by atoms with Crippen LogP contribution in [0.25, 0.3) is 0 Å². The molecular formula is C24H28N4O3.